The number of hydrogen-bond donors (Lipinski definition) is 3. The number of halogens is 3. The number of carbonyl (C=O) groups is 1. The van der Waals surface area contributed by atoms with Crippen molar-refractivity contribution in [3.05, 3.63) is 59.7 Å². The highest BCUT2D eigenvalue weighted by Gasteiger charge is 2.52. The van der Waals surface area contributed by atoms with E-state index in [-0.39, 0.29) is 12.0 Å². The lowest BCUT2D eigenvalue weighted by Gasteiger charge is -2.36. The highest BCUT2D eigenvalue weighted by Crippen LogP contribution is 2.54. The van der Waals surface area contributed by atoms with Crippen LogP contribution < -0.4 is 15.4 Å². The molecule has 5 rings (SSSR count). The molecule has 9 heteroatoms. The van der Waals surface area contributed by atoms with Crippen LogP contribution in [0.1, 0.15) is 43.2 Å². The molecule has 2 aromatic carbocycles. The molecule has 2 fully saturated rings. The fourth-order valence-electron chi connectivity index (χ4n) is 5.34. The Labute approximate surface area is 208 Å². The molecule has 0 atom stereocenters. The maximum absolute atomic E-state index is 13.0. The van der Waals surface area contributed by atoms with Crippen molar-refractivity contribution in [3.63, 3.8) is 0 Å². The van der Waals surface area contributed by atoms with Gasteiger partial charge in [-0.3, -0.25) is 9.69 Å². The number of piperidine rings is 1. The van der Waals surface area contributed by atoms with Gasteiger partial charge in [-0.15, -0.1) is 0 Å². The number of nitrogens with zero attached hydrogens (tertiary/aromatic N) is 1. The molecule has 0 radical (unpaired) electrons. The van der Waals surface area contributed by atoms with Crippen LogP contribution in [0.3, 0.4) is 0 Å². The van der Waals surface area contributed by atoms with Crippen molar-refractivity contribution >= 4 is 29.2 Å². The Morgan fingerprint density at radius 3 is 2.53 bits per heavy atom. The number of fused-ring (bicyclic) bond motifs is 2. The lowest BCUT2D eigenvalue weighted by molar-refractivity contribution is -0.149. The topological polar surface area (TPSA) is 77.5 Å². The van der Waals surface area contributed by atoms with Gasteiger partial charge in [-0.2, -0.15) is 13.2 Å². The summed E-state index contributed by atoms with van der Waals surface area (Å²) in [4.78, 5) is 14.4. The Hall–Kier alpha value is -3.33. The van der Waals surface area contributed by atoms with Crippen molar-refractivity contribution in [1.29, 1.82) is 5.41 Å². The van der Waals surface area contributed by atoms with Crippen LogP contribution in [0.2, 0.25) is 0 Å². The van der Waals surface area contributed by atoms with Crippen LogP contribution in [-0.4, -0.2) is 48.9 Å². The fourth-order valence-corrected chi connectivity index (χ4v) is 5.34. The van der Waals surface area contributed by atoms with Gasteiger partial charge in [-0.05, 0) is 61.6 Å². The first kappa shape index (κ1) is 24.4. The minimum atomic E-state index is -4.21. The standard InChI is InChI=1S/C27H29F3N4O2/c28-27(29,30)17-34-13-8-20(9-14-34)36-23-16-18(22(7-12-31)32-19-5-2-1-3-6-19)15-21-24(23)33-25(35)26(21)10-4-11-26/h1-3,5-7,12,15-16,20,31-32H,4,8-11,13-14,17H2,(H,33,35)/b22-7-,31-12?. The SMILES string of the molecule is N=C/C=C(\Nc1ccccc1)c1cc(OC2CCN(CC(F)(F)F)CC2)c2c(c1)C1(CCC1)C(=O)N2. The number of amides is 1. The number of nitrogens with one attached hydrogen (secondary N) is 3. The number of ether oxygens (including phenoxy) is 1. The first-order valence-corrected chi connectivity index (χ1v) is 12.3. The van der Waals surface area contributed by atoms with Gasteiger partial charge in [-0.25, -0.2) is 0 Å². The predicted molar refractivity (Wildman–Crippen MR) is 134 cm³/mol. The Bertz CT molecular complexity index is 1170. The summed E-state index contributed by atoms with van der Waals surface area (Å²) in [6.45, 7) is -0.306. The zero-order valence-electron chi connectivity index (χ0n) is 19.8. The third kappa shape index (κ3) is 4.84. The molecule has 0 bridgehead atoms. The van der Waals surface area contributed by atoms with Gasteiger partial charge < -0.3 is 20.8 Å². The lowest BCUT2D eigenvalue weighted by Crippen LogP contribution is -2.42. The number of carbonyl (C=O) groups excluding carboxylic acids is 1. The van der Waals surface area contributed by atoms with Crippen molar-refractivity contribution in [3.8, 4) is 5.75 Å². The molecule has 0 aromatic heterocycles. The molecule has 1 saturated heterocycles. The van der Waals surface area contributed by atoms with Gasteiger partial charge in [0.05, 0.1) is 17.6 Å². The monoisotopic (exact) mass is 498 g/mol. The van der Waals surface area contributed by atoms with E-state index in [0.717, 1.165) is 36.1 Å². The van der Waals surface area contributed by atoms with Gasteiger partial charge in [0.2, 0.25) is 5.91 Å². The van der Waals surface area contributed by atoms with E-state index in [1.54, 1.807) is 6.08 Å². The fraction of sp³-hybridized carbons (Fsp3) is 0.407. The van der Waals surface area contributed by atoms with Crippen LogP contribution in [-0.2, 0) is 10.2 Å². The first-order valence-electron chi connectivity index (χ1n) is 12.3. The van der Waals surface area contributed by atoms with Crippen molar-refractivity contribution in [2.75, 3.05) is 30.3 Å². The average molecular weight is 499 g/mol. The molecule has 3 N–H and O–H groups in total. The summed E-state index contributed by atoms with van der Waals surface area (Å²) in [7, 11) is 0. The Morgan fingerprint density at radius 1 is 1.19 bits per heavy atom. The smallest absolute Gasteiger partial charge is 0.401 e. The van der Waals surface area contributed by atoms with Crippen LogP contribution in [0.5, 0.6) is 5.75 Å². The van der Waals surface area contributed by atoms with Crippen LogP contribution >= 0.6 is 0 Å². The molecule has 1 amide bonds. The minimum absolute atomic E-state index is 0.0284. The van der Waals surface area contributed by atoms with E-state index in [9.17, 15) is 18.0 Å². The normalized spacial score (nSPS) is 20.0. The average Bonchev–Trinajstić information content (AvgIpc) is 3.12. The Balaban J connectivity index is 1.45. The number of alkyl halides is 3. The van der Waals surface area contributed by atoms with Gasteiger partial charge in [0.25, 0.3) is 0 Å². The summed E-state index contributed by atoms with van der Waals surface area (Å²) in [6, 6.07) is 13.5. The van der Waals surface area contributed by atoms with E-state index in [1.165, 1.54) is 11.1 Å². The van der Waals surface area contributed by atoms with E-state index >= 15 is 0 Å². The molecule has 1 spiro atoms. The minimum Gasteiger partial charge on any atom is -0.488 e. The molecule has 36 heavy (non-hydrogen) atoms. The number of likely N-dealkylation sites (tertiary alicyclic amines) is 1. The number of allylic oxidation sites excluding steroid dienone is 1. The van der Waals surface area contributed by atoms with Crippen molar-refractivity contribution in [1.82, 2.24) is 4.90 Å². The predicted octanol–water partition coefficient (Wildman–Crippen LogP) is 5.57. The molecule has 2 heterocycles. The van der Waals surface area contributed by atoms with Crippen molar-refractivity contribution < 1.29 is 22.7 Å². The second-order valence-corrected chi connectivity index (χ2v) is 9.73. The summed E-state index contributed by atoms with van der Waals surface area (Å²) >= 11 is 0. The summed E-state index contributed by atoms with van der Waals surface area (Å²) < 4.78 is 44.7. The first-order chi connectivity index (χ1) is 17.3. The van der Waals surface area contributed by atoms with Gasteiger partial charge >= 0.3 is 6.18 Å². The molecule has 1 saturated carbocycles. The molecular formula is C27H29F3N4O2. The molecule has 6 nitrogen and oxygen atoms in total. The summed E-state index contributed by atoms with van der Waals surface area (Å²) in [5.74, 6) is 0.499. The maximum atomic E-state index is 13.0. The van der Waals surface area contributed by atoms with Gasteiger partial charge in [0.15, 0.2) is 0 Å². The zero-order chi connectivity index (χ0) is 25.3. The van der Waals surface area contributed by atoms with E-state index < -0.39 is 18.1 Å². The van der Waals surface area contributed by atoms with Gasteiger partial charge in [-0.1, -0.05) is 24.6 Å². The summed E-state index contributed by atoms with van der Waals surface area (Å²) in [5.41, 5.74) is 3.33. The van der Waals surface area contributed by atoms with E-state index in [2.05, 4.69) is 10.6 Å². The lowest BCUT2D eigenvalue weighted by atomic mass is 9.65. The van der Waals surface area contributed by atoms with Crippen LogP contribution in [0.25, 0.3) is 5.70 Å². The molecule has 2 aliphatic heterocycles. The van der Waals surface area contributed by atoms with E-state index in [0.29, 0.717) is 43.1 Å². The molecule has 0 unspecified atom stereocenters. The van der Waals surface area contributed by atoms with Crippen LogP contribution in [0, 0.1) is 5.41 Å². The molecule has 190 valence electrons. The summed E-state index contributed by atoms with van der Waals surface area (Å²) in [5, 5.41) is 14.1. The number of rotatable bonds is 7. The third-order valence-electron chi connectivity index (χ3n) is 7.34. The van der Waals surface area contributed by atoms with Crippen molar-refractivity contribution in [2.24, 2.45) is 0 Å². The number of para-hydroxylation sites is 1. The maximum Gasteiger partial charge on any atom is 0.401 e. The zero-order valence-corrected chi connectivity index (χ0v) is 19.8. The number of hydrogen-bond acceptors (Lipinski definition) is 5. The Kier molecular flexibility index (Phi) is 6.51. The number of benzene rings is 2. The van der Waals surface area contributed by atoms with Crippen molar-refractivity contribution in [2.45, 2.75) is 49.8 Å². The Morgan fingerprint density at radius 2 is 1.92 bits per heavy atom. The quantitative estimate of drug-likeness (QED) is 0.437. The van der Waals surface area contributed by atoms with Gasteiger partial charge in [0.1, 0.15) is 11.9 Å². The van der Waals surface area contributed by atoms with Crippen LogP contribution in [0.4, 0.5) is 24.5 Å². The second kappa shape index (κ2) is 9.61. The molecule has 3 aliphatic rings. The third-order valence-corrected chi connectivity index (χ3v) is 7.34. The van der Waals surface area contributed by atoms with Gasteiger partial charge in [0, 0.05) is 36.3 Å². The summed E-state index contributed by atoms with van der Waals surface area (Å²) in [6.07, 6.45) is 1.84. The largest absolute Gasteiger partial charge is 0.488 e. The highest BCUT2D eigenvalue weighted by atomic mass is 19.4. The molecule has 2 aromatic rings. The number of anilines is 2. The second-order valence-electron chi connectivity index (χ2n) is 9.73. The van der Waals surface area contributed by atoms with E-state index in [4.69, 9.17) is 10.1 Å². The molecule has 1 aliphatic carbocycles. The highest BCUT2D eigenvalue weighted by molar-refractivity contribution is 6.09. The molecular weight excluding hydrogens is 469 g/mol. The van der Waals surface area contributed by atoms with E-state index in [1.807, 2.05) is 42.5 Å². The van der Waals surface area contributed by atoms with Crippen LogP contribution in [0.15, 0.2) is 48.5 Å².